The monoisotopic (exact) mass is 261 g/mol. The highest BCUT2D eigenvalue weighted by molar-refractivity contribution is 5.77. The standard InChI is InChI=1S/C16H27N3/c1-15(2,3)12-7-9-13(10-8-12)16(4,5)11-19-14(17)18-6/h7-10H,11H2,1-6H3,(H3,17,18,19). The Morgan fingerprint density at radius 1 is 1.05 bits per heavy atom. The van der Waals surface area contributed by atoms with Crippen molar-refractivity contribution in [3.05, 3.63) is 35.4 Å². The summed E-state index contributed by atoms with van der Waals surface area (Å²) >= 11 is 0. The molecule has 19 heavy (non-hydrogen) atoms. The topological polar surface area (TPSA) is 50.4 Å². The van der Waals surface area contributed by atoms with Crippen LogP contribution < -0.4 is 11.1 Å². The summed E-state index contributed by atoms with van der Waals surface area (Å²) in [6, 6.07) is 8.85. The molecule has 0 aromatic heterocycles. The van der Waals surface area contributed by atoms with E-state index >= 15 is 0 Å². The second-order valence-corrected chi connectivity index (χ2v) is 6.67. The molecule has 3 nitrogen and oxygen atoms in total. The van der Waals surface area contributed by atoms with E-state index in [0.29, 0.717) is 5.96 Å². The minimum atomic E-state index is 0.0196. The van der Waals surface area contributed by atoms with Crippen LogP contribution >= 0.6 is 0 Å². The molecular formula is C16H27N3. The van der Waals surface area contributed by atoms with Crippen molar-refractivity contribution in [3.63, 3.8) is 0 Å². The van der Waals surface area contributed by atoms with Gasteiger partial charge < -0.3 is 11.1 Å². The largest absolute Gasteiger partial charge is 0.370 e. The molecule has 3 heteroatoms. The fourth-order valence-electron chi connectivity index (χ4n) is 1.91. The third-order valence-corrected chi connectivity index (χ3v) is 3.48. The molecule has 0 aliphatic heterocycles. The van der Waals surface area contributed by atoms with Gasteiger partial charge in [0, 0.05) is 19.0 Å². The quantitative estimate of drug-likeness (QED) is 0.649. The van der Waals surface area contributed by atoms with E-state index in [2.05, 4.69) is 69.2 Å². The Balaban J connectivity index is 2.84. The predicted molar refractivity (Wildman–Crippen MR) is 83.7 cm³/mol. The van der Waals surface area contributed by atoms with Gasteiger partial charge in [-0.05, 0) is 16.5 Å². The number of benzene rings is 1. The van der Waals surface area contributed by atoms with Crippen molar-refractivity contribution in [1.29, 1.82) is 0 Å². The second kappa shape index (κ2) is 5.64. The lowest BCUT2D eigenvalue weighted by Crippen LogP contribution is -2.40. The van der Waals surface area contributed by atoms with Crippen LogP contribution in [0, 0.1) is 0 Å². The highest BCUT2D eigenvalue weighted by Gasteiger charge is 2.21. The average Bonchev–Trinajstić information content (AvgIpc) is 2.35. The van der Waals surface area contributed by atoms with Gasteiger partial charge in [0.1, 0.15) is 0 Å². The highest BCUT2D eigenvalue weighted by Crippen LogP contribution is 2.27. The normalized spacial score (nSPS) is 13.5. The van der Waals surface area contributed by atoms with E-state index in [1.54, 1.807) is 7.05 Å². The number of hydrogen-bond donors (Lipinski definition) is 2. The maximum absolute atomic E-state index is 5.68. The first-order valence-corrected chi connectivity index (χ1v) is 6.74. The summed E-state index contributed by atoms with van der Waals surface area (Å²) in [4.78, 5) is 3.91. The Hall–Kier alpha value is -1.51. The van der Waals surface area contributed by atoms with Gasteiger partial charge in [-0.3, -0.25) is 4.99 Å². The number of nitrogens with zero attached hydrogens (tertiary/aromatic N) is 1. The van der Waals surface area contributed by atoms with Crippen LogP contribution in [0.25, 0.3) is 0 Å². The molecular weight excluding hydrogens is 234 g/mol. The molecule has 1 aromatic rings. The average molecular weight is 261 g/mol. The van der Waals surface area contributed by atoms with Crippen LogP contribution in [0.15, 0.2) is 29.3 Å². The Morgan fingerprint density at radius 3 is 1.95 bits per heavy atom. The van der Waals surface area contributed by atoms with Crippen LogP contribution in [0.4, 0.5) is 0 Å². The minimum absolute atomic E-state index is 0.0196. The number of aliphatic imine (C=N–C) groups is 1. The van der Waals surface area contributed by atoms with Crippen LogP contribution in [0.2, 0.25) is 0 Å². The molecule has 0 radical (unpaired) electrons. The molecule has 1 rings (SSSR count). The van der Waals surface area contributed by atoms with E-state index in [1.165, 1.54) is 11.1 Å². The lowest BCUT2D eigenvalue weighted by molar-refractivity contribution is 0.510. The first-order valence-electron chi connectivity index (χ1n) is 6.74. The molecule has 0 amide bonds. The van der Waals surface area contributed by atoms with Crippen molar-refractivity contribution in [2.45, 2.75) is 45.4 Å². The molecule has 0 aliphatic carbocycles. The number of nitrogens with one attached hydrogen (secondary N) is 1. The Morgan fingerprint density at radius 2 is 1.53 bits per heavy atom. The summed E-state index contributed by atoms with van der Waals surface area (Å²) in [7, 11) is 1.69. The molecule has 0 bridgehead atoms. The maximum Gasteiger partial charge on any atom is 0.188 e. The van der Waals surface area contributed by atoms with Crippen LogP contribution in [0.5, 0.6) is 0 Å². The Labute approximate surface area is 117 Å². The van der Waals surface area contributed by atoms with E-state index in [1.807, 2.05) is 0 Å². The number of hydrogen-bond acceptors (Lipinski definition) is 1. The van der Waals surface area contributed by atoms with Crippen LogP contribution in [0.3, 0.4) is 0 Å². The summed E-state index contributed by atoms with van der Waals surface area (Å²) < 4.78 is 0. The summed E-state index contributed by atoms with van der Waals surface area (Å²) in [5.74, 6) is 0.486. The molecule has 106 valence electrons. The van der Waals surface area contributed by atoms with Gasteiger partial charge in [0.15, 0.2) is 5.96 Å². The van der Waals surface area contributed by atoms with Gasteiger partial charge in [-0.2, -0.15) is 0 Å². The summed E-state index contributed by atoms with van der Waals surface area (Å²) in [6.07, 6.45) is 0. The van der Waals surface area contributed by atoms with Crippen molar-refractivity contribution in [2.75, 3.05) is 13.6 Å². The van der Waals surface area contributed by atoms with Gasteiger partial charge in [-0.15, -0.1) is 0 Å². The van der Waals surface area contributed by atoms with Crippen molar-refractivity contribution in [2.24, 2.45) is 10.7 Å². The van der Waals surface area contributed by atoms with Gasteiger partial charge in [-0.1, -0.05) is 58.9 Å². The summed E-state index contributed by atoms with van der Waals surface area (Å²) in [5, 5.41) is 3.14. The van der Waals surface area contributed by atoms with E-state index in [0.717, 1.165) is 6.54 Å². The molecule has 1 aromatic carbocycles. The van der Waals surface area contributed by atoms with E-state index < -0.39 is 0 Å². The lowest BCUT2D eigenvalue weighted by atomic mass is 9.81. The Kier molecular flexibility index (Phi) is 4.61. The molecule has 0 atom stereocenters. The first-order chi connectivity index (χ1) is 8.66. The lowest BCUT2D eigenvalue weighted by Gasteiger charge is -2.27. The first kappa shape index (κ1) is 15.5. The number of rotatable bonds is 3. The molecule has 0 fully saturated rings. The second-order valence-electron chi connectivity index (χ2n) is 6.67. The molecule has 3 N–H and O–H groups in total. The van der Waals surface area contributed by atoms with E-state index in [4.69, 9.17) is 5.73 Å². The van der Waals surface area contributed by atoms with Gasteiger partial charge >= 0.3 is 0 Å². The third-order valence-electron chi connectivity index (χ3n) is 3.48. The summed E-state index contributed by atoms with van der Waals surface area (Å²) in [6.45, 7) is 11.9. The minimum Gasteiger partial charge on any atom is -0.370 e. The maximum atomic E-state index is 5.68. The molecule has 0 saturated heterocycles. The third kappa shape index (κ3) is 4.27. The van der Waals surface area contributed by atoms with Gasteiger partial charge in [0.2, 0.25) is 0 Å². The Bertz CT molecular complexity index is 436. The fourth-order valence-corrected chi connectivity index (χ4v) is 1.91. The van der Waals surface area contributed by atoms with E-state index in [-0.39, 0.29) is 10.8 Å². The molecule has 0 spiro atoms. The van der Waals surface area contributed by atoms with Crippen molar-refractivity contribution in [3.8, 4) is 0 Å². The van der Waals surface area contributed by atoms with Crippen LogP contribution in [-0.4, -0.2) is 19.6 Å². The highest BCUT2D eigenvalue weighted by atomic mass is 15.1. The predicted octanol–water partition coefficient (Wildman–Crippen LogP) is 2.80. The fraction of sp³-hybridized carbons (Fsp3) is 0.562. The smallest absolute Gasteiger partial charge is 0.188 e. The molecule has 0 saturated carbocycles. The van der Waals surface area contributed by atoms with Crippen LogP contribution in [-0.2, 0) is 10.8 Å². The summed E-state index contributed by atoms with van der Waals surface area (Å²) in [5.41, 5.74) is 8.55. The molecule has 0 heterocycles. The van der Waals surface area contributed by atoms with Gasteiger partial charge in [0.25, 0.3) is 0 Å². The van der Waals surface area contributed by atoms with Crippen LogP contribution in [0.1, 0.15) is 45.7 Å². The number of nitrogens with two attached hydrogens (primary N) is 1. The van der Waals surface area contributed by atoms with E-state index in [9.17, 15) is 0 Å². The SMILES string of the molecule is CN=C(N)NCC(C)(C)c1ccc(C(C)(C)C)cc1. The van der Waals surface area contributed by atoms with Crippen molar-refractivity contribution < 1.29 is 0 Å². The molecule has 0 unspecified atom stereocenters. The zero-order valence-corrected chi connectivity index (χ0v) is 13.0. The van der Waals surface area contributed by atoms with Crippen molar-refractivity contribution >= 4 is 5.96 Å². The zero-order valence-electron chi connectivity index (χ0n) is 13.0. The number of guanidine groups is 1. The van der Waals surface area contributed by atoms with Gasteiger partial charge in [0.05, 0.1) is 0 Å². The van der Waals surface area contributed by atoms with Crippen molar-refractivity contribution in [1.82, 2.24) is 5.32 Å². The zero-order chi connectivity index (χ0) is 14.7. The van der Waals surface area contributed by atoms with Gasteiger partial charge in [-0.25, -0.2) is 0 Å². The molecule has 0 aliphatic rings.